The summed E-state index contributed by atoms with van der Waals surface area (Å²) in [6.07, 6.45) is -4.13. The number of urea groups is 1. The van der Waals surface area contributed by atoms with Crippen molar-refractivity contribution in [2.75, 3.05) is 4.90 Å². The van der Waals surface area contributed by atoms with E-state index in [-0.39, 0.29) is 24.1 Å². The number of nitrogens with zero attached hydrogens (tertiary/aromatic N) is 1. The number of hydrogen-bond acceptors (Lipinski definition) is 2. The third-order valence-corrected chi connectivity index (χ3v) is 4.33. The predicted octanol–water partition coefficient (Wildman–Crippen LogP) is 3.12. The zero-order valence-electron chi connectivity index (χ0n) is 12.1. The van der Waals surface area contributed by atoms with Gasteiger partial charge in [-0.3, -0.25) is 4.79 Å². The molecule has 0 aromatic heterocycles. The highest BCUT2D eigenvalue weighted by atomic mass is 19.4. The summed E-state index contributed by atoms with van der Waals surface area (Å²) in [6, 6.07) is 4.91. The summed E-state index contributed by atoms with van der Waals surface area (Å²) >= 11 is 0. The second kappa shape index (κ2) is 4.24. The van der Waals surface area contributed by atoms with Crippen LogP contribution in [0.4, 0.5) is 23.7 Å². The van der Waals surface area contributed by atoms with E-state index in [2.05, 4.69) is 5.32 Å². The molecule has 1 saturated heterocycles. The third kappa shape index (κ3) is 1.99. The summed E-state index contributed by atoms with van der Waals surface area (Å²) in [5.41, 5.74) is -2.33. The van der Waals surface area contributed by atoms with Gasteiger partial charge in [-0.25, -0.2) is 9.69 Å². The maximum Gasteiger partial charge on any atom is 0.398 e. The van der Waals surface area contributed by atoms with Crippen molar-refractivity contribution in [3.05, 3.63) is 29.8 Å². The van der Waals surface area contributed by atoms with Crippen LogP contribution in [-0.4, -0.2) is 23.7 Å². The molecular formula is C15H15F3N2O2. The quantitative estimate of drug-likeness (QED) is 0.853. The van der Waals surface area contributed by atoms with Crippen LogP contribution in [0.25, 0.3) is 0 Å². The van der Waals surface area contributed by atoms with Gasteiger partial charge in [-0.2, -0.15) is 13.2 Å². The molecular weight excluding hydrogens is 297 g/mol. The van der Waals surface area contributed by atoms with Crippen molar-refractivity contribution in [3.63, 3.8) is 0 Å². The lowest BCUT2D eigenvalue weighted by atomic mass is 9.95. The second-order valence-corrected chi connectivity index (χ2v) is 6.32. The molecule has 1 saturated carbocycles. The normalized spacial score (nSPS) is 22.7. The largest absolute Gasteiger partial charge is 0.398 e. The Kier molecular flexibility index (Phi) is 2.87. The van der Waals surface area contributed by atoms with E-state index in [0.717, 1.165) is 4.90 Å². The minimum atomic E-state index is -4.28. The van der Waals surface area contributed by atoms with Crippen LogP contribution in [0.1, 0.15) is 32.3 Å². The van der Waals surface area contributed by atoms with Gasteiger partial charge in [0, 0.05) is 0 Å². The number of nitrogens with one attached hydrogen (secondary N) is 1. The van der Waals surface area contributed by atoms with Crippen LogP contribution in [0.5, 0.6) is 0 Å². The Morgan fingerprint density at radius 2 is 1.64 bits per heavy atom. The first-order valence-corrected chi connectivity index (χ1v) is 6.92. The van der Waals surface area contributed by atoms with E-state index >= 15 is 0 Å². The van der Waals surface area contributed by atoms with Crippen molar-refractivity contribution < 1.29 is 22.8 Å². The first-order valence-electron chi connectivity index (χ1n) is 6.92. The molecule has 1 aliphatic heterocycles. The SMILES string of the molecule is CC1(C)NC(=O)N(c2ccc(C3(C(F)(F)F)CC3)cc2)C1=O. The van der Waals surface area contributed by atoms with Crippen molar-refractivity contribution in [2.24, 2.45) is 0 Å². The van der Waals surface area contributed by atoms with Gasteiger partial charge in [-0.1, -0.05) is 12.1 Å². The second-order valence-electron chi connectivity index (χ2n) is 6.32. The van der Waals surface area contributed by atoms with Crippen molar-refractivity contribution >= 4 is 17.6 Å². The van der Waals surface area contributed by atoms with Crippen LogP contribution < -0.4 is 10.2 Å². The lowest BCUT2D eigenvalue weighted by molar-refractivity contribution is -0.160. The number of benzene rings is 1. The summed E-state index contributed by atoms with van der Waals surface area (Å²) in [5.74, 6) is -0.429. The van der Waals surface area contributed by atoms with Gasteiger partial charge >= 0.3 is 12.2 Å². The minimum absolute atomic E-state index is 0.0754. The van der Waals surface area contributed by atoms with Crippen LogP contribution in [0.15, 0.2) is 24.3 Å². The number of alkyl halides is 3. The first kappa shape index (κ1) is 14.9. The van der Waals surface area contributed by atoms with Crippen molar-refractivity contribution in [1.29, 1.82) is 0 Å². The van der Waals surface area contributed by atoms with Gasteiger partial charge in [-0.05, 0) is 44.4 Å². The summed E-state index contributed by atoms with van der Waals surface area (Å²) < 4.78 is 39.2. The van der Waals surface area contributed by atoms with Gasteiger partial charge in [0.2, 0.25) is 0 Å². The fourth-order valence-corrected chi connectivity index (χ4v) is 2.77. The molecule has 7 heteroatoms. The lowest BCUT2D eigenvalue weighted by Gasteiger charge is -2.21. The summed E-state index contributed by atoms with van der Waals surface area (Å²) in [6.45, 7) is 3.15. The number of imide groups is 1. The number of carbonyl (C=O) groups excluding carboxylic acids is 2. The molecule has 2 fully saturated rings. The summed E-state index contributed by atoms with van der Waals surface area (Å²) in [4.78, 5) is 25.0. The molecule has 22 heavy (non-hydrogen) atoms. The Bertz CT molecular complexity index is 646. The topological polar surface area (TPSA) is 49.4 Å². The molecule has 4 nitrogen and oxygen atoms in total. The number of hydrogen-bond donors (Lipinski definition) is 1. The fraction of sp³-hybridized carbons (Fsp3) is 0.467. The average molecular weight is 312 g/mol. The maximum atomic E-state index is 13.1. The van der Waals surface area contributed by atoms with E-state index in [9.17, 15) is 22.8 Å². The predicted molar refractivity (Wildman–Crippen MR) is 73.5 cm³/mol. The Hall–Kier alpha value is -2.05. The summed E-state index contributed by atoms with van der Waals surface area (Å²) in [7, 11) is 0. The monoisotopic (exact) mass is 312 g/mol. The standard InChI is InChI=1S/C15H15F3N2O2/c1-13(2)11(21)20(12(22)19-13)10-5-3-9(4-6-10)14(7-8-14)15(16,17)18/h3-6H,7-8H2,1-2H3,(H,19,22). The molecule has 1 aromatic carbocycles. The van der Waals surface area contributed by atoms with Gasteiger partial charge in [0.25, 0.3) is 5.91 Å². The average Bonchev–Trinajstić information content (AvgIpc) is 3.16. The van der Waals surface area contributed by atoms with E-state index in [1.807, 2.05) is 0 Å². The maximum absolute atomic E-state index is 13.1. The van der Waals surface area contributed by atoms with Crippen LogP contribution in [0.2, 0.25) is 0 Å². The van der Waals surface area contributed by atoms with Gasteiger partial charge in [0.15, 0.2) is 0 Å². The zero-order chi connectivity index (χ0) is 16.3. The highest BCUT2D eigenvalue weighted by Crippen LogP contribution is 2.58. The minimum Gasteiger partial charge on any atom is -0.323 e. The molecule has 1 heterocycles. The molecule has 0 spiro atoms. The number of anilines is 1. The molecule has 2 aliphatic rings. The van der Waals surface area contributed by atoms with Crippen molar-refractivity contribution in [2.45, 2.75) is 43.8 Å². The molecule has 0 unspecified atom stereocenters. The smallest absolute Gasteiger partial charge is 0.323 e. The fourth-order valence-electron chi connectivity index (χ4n) is 2.77. The highest BCUT2D eigenvalue weighted by Gasteiger charge is 2.64. The Labute approximate surface area is 125 Å². The van der Waals surface area contributed by atoms with Gasteiger partial charge in [-0.15, -0.1) is 0 Å². The van der Waals surface area contributed by atoms with Gasteiger partial charge in [0.1, 0.15) is 5.54 Å². The molecule has 0 atom stereocenters. The zero-order valence-corrected chi connectivity index (χ0v) is 12.1. The Balaban J connectivity index is 1.90. The van der Waals surface area contributed by atoms with Gasteiger partial charge in [0.05, 0.1) is 11.1 Å². The van der Waals surface area contributed by atoms with Crippen molar-refractivity contribution in [3.8, 4) is 0 Å². The van der Waals surface area contributed by atoms with E-state index in [0.29, 0.717) is 0 Å². The van der Waals surface area contributed by atoms with Crippen molar-refractivity contribution in [1.82, 2.24) is 5.32 Å². The Morgan fingerprint density at radius 1 is 1.09 bits per heavy atom. The molecule has 0 bridgehead atoms. The van der Waals surface area contributed by atoms with Crippen LogP contribution in [0, 0.1) is 0 Å². The highest BCUT2D eigenvalue weighted by molar-refractivity contribution is 6.23. The molecule has 3 rings (SSSR count). The molecule has 1 aliphatic carbocycles. The number of carbonyl (C=O) groups is 2. The van der Waals surface area contributed by atoms with E-state index in [1.165, 1.54) is 24.3 Å². The molecule has 1 N–H and O–H groups in total. The van der Waals surface area contributed by atoms with E-state index < -0.39 is 29.1 Å². The van der Waals surface area contributed by atoms with Crippen LogP contribution >= 0.6 is 0 Å². The summed E-state index contributed by atoms with van der Waals surface area (Å²) in [5, 5.41) is 2.53. The third-order valence-electron chi connectivity index (χ3n) is 4.33. The molecule has 1 aromatic rings. The number of amides is 3. The Morgan fingerprint density at radius 3 is 2.00 bits per heavy atom. The lowest BCUT2D eigenvalue weighted by Crippen LogP contribution is -2.40. The van der Waals surface area contributed by atoms with Gasteiger partial charge < -0.3 is 5.32 Å². The van der Waals surface area contributed by atoms with Crippen LogP contribution in [0.3, 0.4) is 0 Å². The molecule has 0 radical (unpaired) electrons. The molecule has 3 amide bonds. The first-order chi connectivity index (χ1) is 10.1. The number of halogens is 3. The van der Waals surface area contributed by atoms with E-state index in [1.54, 1.807) is 13.8 Å². The van der Waals surface area contributed by atoms with Crippen LogP contribution in [-0.2, 0) is 10.2 Å². The van der Waals surface area contributed by atoms with E-state index in [4.69, 9.17) is 0 Å². The number of rotatable bonds is 2. The molecule has 118 valence electrons.